The molecule has 0 amide bonds. The molecule has 0 saturated carbocycles. The number of benzene rings is 1. The van der Waals surface area contributed by atoms with Gasteiger partial charge in [-0.05, 0) is 43.1 Å². The summed E-state index contributed by atoms with van der Waals surface area (Å²) in [6, 6.07) is 10.7. The van der Waals surface area contributed by atoms with Crippen LogP contribution in [-0.2, 0) is 6.54 Å². The van der Waals surface area contributed by atoms with Gasteiger partial charge >= 0.3 is 0 Å². The van der Waals surface area contributed by atoms with Crippen LogP contribution in [-0.4, -0.2) is 27.8 Å². The monoisotopic (exact) mass is 304 g/mol. The van der Waals surface area contributed by atoms with Gasteiger partial charge in [0.1, 0.15) is 0 Å². The summed E-state index contributed by atoms with van der Waals surface area (Å²) < 4.78 is 0. The number of aromatic nitrogens is 1. The van der Waals surface area contributed by atoms with E-state index in [9.17, 15) is 0 Å². The fraction of sp³-hybridized carbons (Fsp3) is 0.400. The molecule has 0 spiro atoms. The fourth-order valence-corrected chi connectivity index (χ4v) is 3.36. The molecule has 3 heteroatoms. The average molecular weight is 305 g/mol. The maximum Gasteiger partial charge on any atom is 0.0702 e. The van der Waals surface area contributed by atoms with Gasteiger partial charge < -0.3 is 0 Å². The second-order valence-electron chi connectivity index (χ2n) is 5.01. The molecule has 18 heavy (non-hydrogen) atoms. The van der Waals surface area contributed by atoms with Gasteiger partial charge in [0, 0.05) is 29.5 Å². The first-order valence-corrected chi connectivity index (χ1v) is 7.43. The summed E-state index contributed by atoms with van der Waals surface area (Å²) in [6.45, 7) is 3.42. The maximum absolute atomic E-state index is 4.36. The van der Waals surface area contributed by atoms with Crippen LogP contribution in [0.5, 0.6) is 0 Å². The largest absolute Gasteiger partial charge is 0.298 e. The van der Waals surface area contributed by atoms with Crippen molar-refractivity contribution in [1.82, 2.24) is 9.88 Å². The number of nitrogens with zero attached hydrogens (tertiary/aromatic N) is 2. The third-order valence-corrected chi connectivity index (χ3v) is 4.27. The molecule has 1 aromatic carbocycles. The van der Waals surface area contributed by atoms with Crippen LogP contribution in [0.4, 0.5) is 0 Å². The third-order valence-electron chi connectivity index (χ3n) is 3.52. The van der Waals surface area contributed by atoms with E-state index in [-0.39, 0.29) is 0 Å². The molecule has 1 aromatic heterocycles. The van der Waals surface area contributed by atoms with Crippen molar-refractivity contribution in [2.45, 2.75) is 24.2 Å². The highest BCUT2D eigenvalue weighted by atomic mass is 79.9. The minimum atomic E-state index is 0.661. The Bertz CT molecular complexity index is 541. The number of hydrogen-bond acceptors (Lipinski definition) is 2. The smallest absolute Gasteiger partial charge is 0.0702 e. The number of piperidine rings is 1. The zero-order chi connectivity index (χ0) is 12.4. The van der Waals surface area contributed by atoms with Crippen LogP contribution < -0.4 is 0 Å². The molecule has 0 N–H and O–H groups in total. The van der Waals surface area contributed by atoms with Crippen molar-refractivity contribution >= 4 is 26.8 Å². The fourth-order valence-electron chi connectivity index (χ4n) is 2.62. The highest BCUT2D eigenvalue weighted by Crippen LogP contribution is 2.20. The molecule has 1 aliphatic heterocycles. The minimum Gasteiger partial charge on any atom is -0.298 e. The van der Waals surface area contributed by atoms with E-state index in [0.29, 0.717) is 4.83 Å². The Morgan fingerprint density at radius 2 is 2.28 bits per heavy atom. The van der Waals surface area contributed by atoms with E-state index in [1.165, 1.54) is 30.3 Å². The Kier molecular flexibility index (Phi) is 3.62. The van der Waals surface area contributed by atoms with Crippen molar-refractivity contribution < 1.29 is 0 Å². The average Bonchev–Trinajstić information content (AvgIpc) is 2.39. The lowest BCUT2D eigenvalue weighted by Gasteiger charge is -2.29. The Hall–Kier alpha value is -0.930. The predicted octanol–water partition coefficient (Wildman–Crippen LogP) is 3.59. The SMILES string of the molecule is BrC1CCCN(Cc2ccc3ncccc3c2)C1. The lowest BCUT2D eigenvalue weighted by Crippen LogP contribution is -2.35. The molecule has 1 atom stereocenters. The zero-order valence-electron chi connectivity index (χ0n) is 10.3. The van der Waals surface area contributed by atoms with Gasteiger partial charge in [0.25, 0.3) is 0 Å². The predicted molar refractivity (Wildman–Crippen MR) is 79.0 cm³/mol. The molecule has 1 fully saturated rings. The van der Waals surface area contributed by atoms with Crippen molar-refractivity contribution in [3.05, 3.63) is 42.1 Å². The highest BCUT2D eigenvalue weighted by Gasteiger charge is 2.17. The van der Waals surface area contributed by atoms with Gasteiger partial charge in [0.15, 0.2) is 0 Å². The first kappa shape index (κ1) is 12.1. The van der Waals surface area contributed by atoms with E-state index >= 15 is 0 Å². The summed E-state index contributed by atoms with van der Waals surface area (Å²) in [6.07, 6.45) is 4.45. The number of likely N-dealkylation sites (tertiary alicyclic amines) is 1. The normalized spacial score (nSPS) is 21.3. The van der Waals surface area contributed by atoms with Crippen LogP contribution in [0.1, 0.15) is 18.4 Å². The molecule has 1 unspecified atom stereocenters. The molecule has 1 aliphatic rings. The highest BCUT2D eigenvalue weighted by molar-refractivity contribution is 9.09. The molecule has 0 bridgehead atoms. The Morgan fingerprint density at radius 1 is 1.33 bits per heavy atom. The number of hydrogen-bond donors (Lipinski definition) is 0. The lowest BCUT2D eigenvalue weighted by molar-refractivity contribution is 0.228. The molecular weight excluding hydrogens is 288 g/mol. The summed E-state index contributed by atoms with van der Waals surface area (Å²) in [5, 5.41) is 1.24. The number of fused-ring (bicyclic) bond motifs is 1. The lowest BCUT2D eigenvalue weighted by atomic mass is 10.1. The second kappa shape index (κ2) is 5.37. The maximum atomic E-state index is 4.36. The number of pyridine rings is 1. The molecule has 0 aliphatic carbocycles. The number of halogens is 1. The van der Waals surface area contributed by atoms with E-state index in [2.05, 4.69) is 50.1 Å². The van der Waals surface area contributed by atoms with Gasteiger partial charge in [-0.15, -0.1) is 0 Å². The molecule has 0 radical (unpaired) electrons. The van der Waals surface area contributed by atoms with Crippen LogP contribution >= 0.6 is 15.9 Å². The van der Waals surface area contributed by atoms with Crippen molar-refractivity contribution in [2.24, 2.45) is 0 Å². The number of alkyl halides is 1. The summed E-state index contributed by atoms with van der Waals surface area (Å²) in [5.41, 5.74) is 2.47. The molecule has 2 heterocycles. The van der Waals surface area contributed by atoms with Gasteiger partial charge in [-0.2, -0.15) is 0 Å². The minimum absolute atomic E-state index is 0.661. The van der Waals surface area contributed by atoms with Gasteiger partial charge in [-0.25, -0.2) is 0 Å². The Labute approximate surface area is 116 Å². The summed E-state index contributed by atoms with van der Waals surface area (Å²) in [5.74, 6) is 0. The molecular formula is C15H17BrN2. The summed E-state index contributed by atoms with van der Waals surface area (Å²) in [4.78, 5) is 7.55. The summed E-state index contributed by atoms with van der Waals surface area (Å²) in [7, 11) is 0. The molecule has 2 aromatic rings. The summed E-state index contributed by atoms with van der Waals surface area (Å²) >= 11 is 3.73. The van der Waals surface area contributed by atoms with Crippen molar-refractivity contribution in [3.63, 3.8) is 0 Å². The first-order chi connectivity index (χ1) is 8.81. The molecule has 3 rings (SSSR count). The van der Waals surface area contributed by atoms with Crippen LogP contribution in [0.15, 0.2) is 36.5 Å². The van der Waals surface area contributed by atoms with Crippen molar-refractivity contribution in [1.29, 1.82) is 0 Å². The van der Waals surface area contributed by atoms with E-state index in [1.807, 2.05) is 12.3 Å². The van der Waals surface area contributed by atoms with E-state index in [0.717, 1.165) is 18.6 Å². The zero-order valence-corrected chi connectivity index (χ0v) is 11.9. The van der Waals surface area contributed by atoms with Gasteiger partial charge in [-0.3, -0.25) is 9.88 Å². The molecule has 1 saturated heterocycles. The van der Waals surface area contributed by atoms with Crippen LogP contribution in [0.2, 0.25) is 0 Å². The van der Waals surface area contributed by atoms with Crippen LogP contribution in [0, 0.1) is 0 Å². The van der Waals surface area contributed by atoms with Crippen LogP contribution in [0.3, 0.4) is 0 Å². The quantitative estimate of drug-likeness (QED) is 0.788. The topological polar surface area (TPSA) is 16.1 Å². The van der Waals surface area contributed by atoms with E-state index in [1.54, 1.807) is 0 Å². The first-order valence-electron chi connectivity index (χ1n) is 6.51. The van der Waals surface area contributed by atoms with E-state index in [4.69, 9.17) is 0 Å². The standard InChI is InChI=1S/C15H17BrN2/c16-14-4-2-8-18(11-14)10-12-5-6-15-13(9-12)3-1-7-17-15/h1,3,5-7,9,14H,2,4,8,10-11H2. The Balaban J connectivity index is 1.78. The second-order valence-corrected chi connectivity index (χ2v) is 6.30. The van der Waals surface area contributed by atoms with Gasteiger partial charge in [-0.1, -0.05) is 28.1 Å². The molecule has 94 valence electrons. The van der Waals surface area contributed by atoms with Gasteiger partial charge in [0.05, 0.1) is 5.52 Å². The van der Waals surface area contributed by atoms with Crippen molar-refractivity contribution in [3.8, 4) is 0 Å². The van der Waals surface area contributed by atoms with Crippen LogP contribution in [0.25, 0.3) is 10.9 Å². The molecule has 2 nitrogen and oxygen atoms in total. The van der Waals surface area contributed by atoms with Gasteiger partial charge in [0.2, 0.25) is 0 Å². The van der Waals surface area contributed by atoms with Crippen molar-refractivity contribution in [2.75, 3.05) is 13.1 Å². The third kappa shape index (κ3) is 2.73. The number of rotatable bonds is 2. The van der Waals surface area contributed by atoms with E-state index < -0.39 is 0 Å². The Morgan fingerprint density at radius 3 is 3.17 bits per heavy atom.